The molecule has 102 valence electrons. The van der Waals surface area contributed by atoms with Gasteiger partial charge in [-0.15, -0.1) is 0 Å². The SMILES string of the molecule is CCC1(C)NC(=O)N(CC(=O)NC(C)(C)C)C1=O. The van der Waals surface area contributed by atoms with Crippen LogP contribution in [0, 0.1) is 0 Å². The van der Waals surface area contributed by atoms with E-state index in [2.05, 4.69) is 10.6 Å². The summed E-state index contributed by atoms with van der Waals surface area (Å²) in [5.41, 5.74) is -1.27. The molecule has 0 aromatic carbocycles. The average Bonchev–Trinajstić information content (AvgIpc) is 2.40. The lowest BCUT2D eigenvalue weighted by atomic mass is 9.99. The lowest BCUT2D eigenvalue weighted by Crippen LogP contribution is -2.48. The molecular formula is C12H21N3O3. The number of carbonyl (C=O) groups excluding carboxylic acids is 3. The van der Waals surface area contributed by atoms with E-state index in [-0.39, 0.29) is 23.9 Å². The number of urea groups is 1. The van der Waals surface area contributed by atoms with Crippen molar-refractivity contribution in [3.05, 3.63) is 0 Å². The lowest BCUT2D eigenvalue weighted by molar-refractivity contribution is -0.135. The number of hydrogen-bond donors (Lipinski definition) is 2. The third-order valence-corrected chi connectivity index (χ3v) is 2.87. The van der Waals surface area contributed by atoms with Crippen molar-refractivity contribution >= 4 is 17.8 Å². The van der Waals surface area contributed by atoms with E-state index in [9.17, 15) is 14.4 Å². The number of amides is 4. The highest BCUT2D eigenvalue weighted by Crippen LogP contribution is 2.20. The van der Waals surface area contributed by atoms with Gasteiger partial charge in [-0.3, -0.25) is 14.5 Å². The molecule has 1 aliphatic heterocycles. The second-order valence-electron chi connectivity index (χ2n) is 5.81. The zero-order chi connectivity index (χ0) is 14.1. The van der Waals surface area contributed by atoms with E-state index < -0.39 is 11.6 Å². The highest BCUT2D eigenvalue weighted by molar-refractivity contribution is 6.08. The third-order valence-electron chi connectivity index (χ3n) is 2.87. The van der Waals surface area contributed by atoms with Gasteiger partial charge in [-0.1, -0.05) is 6.92 Å². The van der Waals surface area contributed by atoms with E-state index in [0.29, 0.717) is 6.42 Å². The fourth-order valence-corrected chi connectivity index (χ4v) is 1.73. The van der Waals surface area contributed by atoms with Gasteiger partial charge >= 0.3 is 6.03 Å². The zero-order valence-electron chi connectivity index (χ0n) is 11.6. The van der Waals surface area contributed by atoms with Gasteiger partial charge < -0.3 is 10.6 Å². The van der Waals surface area contributed by atoms with Crippen LogP contribution in [0.3, 0.4) is 0 Å². The molecule has 1 atom stereocenters. The largest absolute Gasteiger partial charge is 0.350 e. The molecule has 0 saturated carbocycles. The average molecular weight is 255 g/mol. The predicted octanol–water partition coefficient (Wildman–Crippen LogP) is 0.622. The van der Waals surface area contributed by atoms with Crippen LogP contribution in [0.5, 0.6) is 0 Å². The Balaban J connectivity index is 2.72. The van der Waals surface area contributed by atoms with Crippen molar-refractivity contribution in [1.29, 1.82) is 0 Å². The number of carbonyl (C=O) groups is 3. The minimum atomic E-state index is -0.890. The van der Waals surface area contributed by atoms with Crippen molar-refractivity contribution in [1.82, 2.24) is 15.5 Å². The fourth-order valence-electron chi connectivity index (χ4n) is 1.73. The van der Waals surface area contributed by atoms with Gasteiger partial charge in [0, 0.05) is 5.54 Å². The van der Waals surface area contributed by atoms with Crippen LogP contribution in [0.1, 0.15) is 41.0 Å². The Morgan fingerprint density at radius 1 is 1.39 bits per heavy atom. The van der Waals surface area contributed by atoms with Gasteiger partial charge in [0.05, 0.1) is 0 Å². The van der Waals surface area contributed by atoms with Crippen LogP contribution < -0.4 is 10.6 Å². The molecule has 0 aromatic rings. The number of rotatable bonds is 3. The van der Waals surface area contributed by atoms with Gasteiger partial charge in [-0.05, 0) is 34.1 Å². The highest BCUT2D eigenvalue weighted by atomic mass is 16.2. The summed E-state index contributed by atoms with van der Waals surface area (Å²) in [5, 5.41) is 5.33. The van der Waals surface area contributed by atoms with Crippen molar-refractivity contribution in [2.75, 3.05) is 6.54 Å². The quantitative estimate of drug-likeness (QED) is 0.726. The molecule has 1 saturated heterocycles. The highest BCUT2D eigenvalue weighted by Gasteiger charge is 2.47. The van der Waals surface area contributed by atoms with E-state index in [0.717, 1.165) is 4.90 Å². The van der Waals surface area contributed by atoms with Gasteiger partial charge in [0.1, 0.15) is 12.1 Å². The maximum Gasteiger partial charge on any atom is 0.325 e. The zero-order valence-corrected chi connectivity index (χ0v) is 11.6. The molecule has 0 bridgehead atoms. The number of imide groups is 1. The van der Waals surface area contributed by atoms with Gasteiger partial charge in [-0.25, -0.2) is 4.79 Å². The third kappa shape index (κ3) is 3.00. The molecular weight excluding hydrogens is 234 g/mol. The van der Waals surface area contributed by atoms with Crippen molar-refractivity contribution in [3.8, 4) is 0 Å². The standard InChI is InChI=1S/C12H21N3O3/c1-6-12(5)9(17)15(10(18)14-12)7-8(16)13-11(2,3)4/h6-7H2,1-5H3,(H,13,16)(H,14,18). The summed E-state index contributed by atoms with van der Waals surface area (Å²) in [6.45, 7) is 8.76. The van der Waals surface area contributed by atoms with Crippen LogP contribution in [-0.4, -0.2) is 40.4 Å². The molecule has 6 nitrogen and oxygen atoms in total. The number of nitrogens with one attached hydrogen (secondary N) is 2. The molecule has 18 heavy (non-hydrogen) atoms. The second kappa shape index (κ2) is 4.59. The van der Waals surface area contributed by atoms with E-state index in [4.69, 9.17) is 0 Å². The monoisotopic (exact) mass is 255 g/mol. The molecule has 0 aromatic heterocycles. The Labute approximate surface area is 107 Å². The smallest absolute Gasteiger partial charge is 0.325 e. The summed E-state index contributed by atoms with van der Waals surface area (Å²) >= 11 is 0. The molecule has 1 aliphatic rings. The van der Waals surface area contributed by atoms with Crippen molar-refractivity contribution in [2.24, 2.45) is 0 Å². The normalized spacial score (nSPS) is 24.2. The first kappa shape index (κ1) is 14.5. The molecule has 0 spiro atoms. The molecule has 6 heteroatoms. The van der Waals surface area contributed by atoms with Crippen LogP contribution >= 0.6 is 0 Å². The van der Waals surface area contributed by atoms with E-state index in [1.165, 1.54) is 0 Å². The van der Waals surface area contributed by atoms with Crippen LogP contribution in [0.2, 0.25) is 0 Å². The Morgan fingerprint density at radius 2 is 1.94 bits per heavy atom. The molecule has 0 radical (unpaired) electrons. The summed E-state index contributed by atoms with van der Waals surface area (Å²) in [7, 11) is 0. The minimum Gasteiger partial charge on any atom is -0.350 e. The molecule has 1 unspecified atom stereocenters. The first-order chi connectivity index (χ1) is 8.09. The van der Waals surface area contributed by atoms with Crippen LogP contribution in [-0.2, 0) is 9.59 Å². The summed E-state index contributed by atoms with van der Waals surface area (Å²) in [5.74, 6) is -0.689. The maximum atomic E-state index is 12.0. The van der Waals surface area contributed by atoms with Crippen molar-refractivity contribution < 1.29 is 14.4 Å². The van der Waals surface area contributed by atoms with Crippen LogP contribution in [0.4, 0.5) is 4.79 Å². The first-order valence-electron chi connectivity index (χ1n) is 6.04. The van der Waals surface area contributed by atoms with E-state index in [1.54, 1.807) is 6.92 Å². The molecule has 1 fully saturated rings. The second-order valence-corrected chi connectivity index (χ2v) is 5.81. The summed E-state index contributed by atoms with van der Waals surface area (Å²) in [4.78, 5) is 36.4. The predicted molar refractivity (Wildman–Crippen MR) is 66.8 cm³/mol. The summed E-state index contributed by atoms with van der Waals surface area (Å²) in [6, 6.07) is -0.506. The molecule has 1 heterocycles. The van der Waals surface area contributed by atoms with Gasteiger partial charge in [0.25, 0.3) is 5.91 Å². The van der Waals surface area contributed by atoms with E-state index in [1.807, 2.05) is 27.7 Å². The molecule has 0 aliphatic carbocycles. The van der Waals surface area contributed by atoms with Gasteiger partial charge in [0.15, 0.2) is 0 Å². The Hall–Kier alpha value is -1.59. The molecule has 2 N–H and O–H groups in total. The Morgan fingerprint density at radius 3 is 2.33 bits per heavy atom. The topological polar surface area (TPSA) is 78.5 Å². The fraction of sp³-hybridized carbons (Fsp3) is 0.750. The summed E-state index contributed by atoms with van der Waals surface area (Å²) in [6.07, 6.45) is 0.495. The molecule has 1 rings (SSSR count). The van der Waals surface area contributed by atoms with Crippen molar-refractivity contribution in [3.63, 3.8) is 0 Å². The Kier molecular flexibility index (Phi) is 3.69. The minimum absolute atomic E-state index is 0.239. The lowest BCUT2D eigenvalue weighted by Gasteiger charge is -2.23. The maximum absolute atomic E-state index is 12.0. The van der Waals surface area contributed by atoms with Crippen molar-refractivity contribution in [2.45, 2.75) is 52.1 Å². The summed E-state index contributed by atoms with van der Waals surface area (Å²) < 4.78 is 0. The van der Waals surface area contributed by atoms with Gasteiger partial charge in [0.2, 0.25) is 5.91 Å². The Bertz CT molecular complexity index is 387. The van der Waals surface area contributed by atoms with E-state index >= 15 is 0 Å². The van der Waals surface area contributed by atoms with Crippen LogP contribution in [0.25, 0.3) is 0 Å². The number of nitrogens with zero attached hydrogens (tertiary/aromatic N) is 1. The number of hydrogen-bond acceptors (Lipinski definition) is 3. The molecule has 4 amide bonds. The first-order valence-corrected chi connectivity index (χ1v) is 6.04. The van der Waals surface area contributed by atoms with Crippen LogP contribution in [0.15, 0.2) is 0 Å². The van der Waals surface area contributed by atoms with Gasteiger partial charge in [-0.2, -0.15) is 0 Å².